The summed E-state index contributed by atoms with van der Waals surface area (Å²) in [4.78, 5) is 53.9. The number of carbonyl (C=O) groups is 4. The first-order chi connectivity index (χ1) is 34.8. The van der Waals surface area contributed by atoms with Crippen molar-refractivity contribution in [2.75, 3.05) is 26.4 Å². The molecule has 13 N–H and O–H groups in total. The Balaban J connectivity index is 1.04. The van der Waals surface area contributed by atoms with Crippen molar-refractivity contribution in [3.05, 3.63) is 83.3 Å². The SMILES string of the molecule is O=C[C@]1(/C=C\O[C@@H]2O[C@H](CO)[C@@H](O)[C@H](O)[C@H]2O)CC[C@H](COC(=O)C2=Cc3ccc(O)c(O)c3[C@@H](c3ccc(O)cc3)[C@@H]2C(=O)OC[C@H]2CC[C@](C=O)(/C=C\O[C@@H]3O[C@H](CO)[C@@H](O)[C@H](O)[C@H]3O)[C@@H](O)C2)C[C@@H]1O. The molecule has 7 rings (SSSR count). The number of benzene rings is 2. The van der Waals surface area contributed by atoms with Crippen LogP contribution in [0.2, 0.25) is 0 Å². The third-order valence-corrected chi connectivity index (χ3v) is 14.8. The minimum Gasteiger partial charge on any atom is -0.508 e. The summed E-state index contributed by atoms with van der Waals surface area (Å²) in [7, 11) is 0. The number of hydrogen-bond acceptors (Lipinski definition) is 23. The molecule has 2 heterocycles. The minimum atomic E-state index is -1.73. The van der Waals surface area contributed by atoms with E-state index in [1.54, 1.807) is 0 Å². The standard InChI is InChI=1S/C50H62O23/c51-18-31-39(60)41(62)43(64)47(72-31)68-13-11-49(22-53)9-7-24(15-33(49)57)20-70-45(66)29-17-27-3-6-30(56)38(59)36(27)35(26-1-4-28(55)5-2-26)37(29)46(67)71-21-25-8-10-50(23-54,34(58)16-25)12-14-69-48-44(65)42(63)40(61)32(19-52)73-48/h1-6,11-14,17,22-25,31-35,37,39-44,47-48,51-52,55-65H,7-10,15-16,18-21H2/b13-11-,14-12-/t24-,25-,31+,32+,33-,34-,35+,37+,39+,40+,41-,42-,43+,44+,47+,48+,49+,50+/m0/s1. The number of aliphatic hydroxyl groups is 10. The molecule has 400 valence electrons. The highest BCUT2D eigenvalue weighted by Crippen LogP contribution is 2.50. The summed E-state index contributed by atoms with van der Waals surface area (Å²) in [6.07, 6.45) is -11.2. The average molecular weight is 1030 g/mol. The van der Waals surface area contributed by atoms with Gasteiger partial charge in [0.15, 0.2) is 11.5 Å². The molecule has 4 fully saturated rings. The molecule has 0 spiro atoms. The van der Waals surface area contributed by atoms with Gasteiger partial charge in [-0.3, -0.25) is 4.79 Å². The van der Waals surface area contributed by atoms with Crippen LogP contribution < -0.4 is 0 Å². The number of fused-ring (bicyclic) bond motifs is 1. The Kier molecular flexibility index (Phi) is 17.7. The molecule has 0 amide bonds. The molecule has 0 aromatic heterocycles. The Morgan fingerprint density at radius 3 is 1.60 bits per heavy atom. The molecule has 2 aromatic carbocycles. The van der Waals surface area contributed by atoms with E-state index in [2.05, 4.69) is 0 Å². The predicted molar refractivity (Wildman–Crippen MR) is 245 cm³/mol. The summed E-state index contributed by atoms with van der Waals surface area (Å²) >= 11 is 0. The number of phenols is 3. The lowest BCUT2D eigenvalue weighted by atomic mass is 9.69. The zero-order chi connectivity index (χ0) is 52.9. The number of aromatic hydroxyl groups is 3. The number of ether oxygens (including phenoxy) is 6. The Morgan fingerprint density at radius 2 is 1.14 bits per heavy atom. The van der Waals surface area contributed by atoms with Gasteiger partial charge in [-0.1, -0.05) is 18.2 Å². The van der Waals surface area contributed by atoms with Crippen molar-refractivity contribution >= 4 is 30.6 Å². The van der Waals surface area contributed by atoms with E-state index in [-0.39, 0.29) is 74.2 Å². The van der Waals surface area contributed by atoms with Gasteiger partial charge in [0.2, 0.25) is 12.6 Å². The van der Waals surface area contributed by atoms with Crippen LogP contribution in [0.3, 0.4) is 0 Å². The first-order valence-electron chi connectivity index (χ1n) is 23.8. The van der Waals surface area contributed by atoms with Crippen LogP contribution in [0.5, 0.6) is 17.2 Å². The molecular formula is C50H62O23. The summed E-state index contributed by atoms with van der Waals surface area (Å²) in [5.74, 6) is -7.08. The summed E-state index contributed by atoms with van der Waals surface area (Å²) in [5.41, 5.74) is -2.65. The summed E-state index contributed by atoms with van der Waals surface area (Å²) in [6, 6.07) is 8.17. The molecule has 5 aliphatic rings. The van der Waals surface area contributed by atoms with Gasteiger partial charge in [-0.25, -0.2) is 4.79 Å². The first kappa shape index (κ1) is 55.2. The quantitative estimate of drug-likeness (QED) is 0.0367. The van der Waals surface area contributed by atoms with Crippen molar-refractivity contribution in [1.82, 2.24) is 0 Å². The van der Waals surface area contributed by atoms with Crippen LogP contribution >= 0.6 is 0 Å². The normalized spacial score (nSPS) is 37.7. The van der Waals surface area contributed by atoms with E-state index in [0.29, 0.717) is 18.1 Å². The van der Waals surface area contributed by atoms with E-state index in [4.69, 9.17) is 28.4 Å². The Hall–Kier alpha value is -5.54. The molecule has 0 unspecified atom stereocenters. The molecule has 23 nitrogen and oxygen atoms in total. The lowest BCUT2D eigenvalue weighted by Crippen LogP contribution is -2.58. The van der Waals surface area contributed by atoms with Crippen LogP contribution in [0.1, 0.15) is 61.1 Å². The largest absolute Gasteiger partial charge is 0.508 e. The summed E-state index contributed by atoms with van der Waals surface area (Å²) in [6.45, 7) is -2.02. The van der Waals surface area contributed by atoms with Crippen LogP contribution in [-0.2, 0) is 47.6 Å². The third kappa shape index (κ3) is 11.4. The fraction of sp³-hybridized carbons (Fsp3) is 0.560. The summed E-state index contributed by atoms with van der Waals surface area (Å²) < 4.78 is 33.2. The van der Waals surface area contributed by atoms with Gasteiger partial charge in [0.05, 0.1) is 67.6 Å². The number of phenolic OH excluding ortho intramolecular Hbond substituents is 3. The van der Waals surface area contributed by atoms with E-state index < -0.39 is 145 Å². The molecule has 2 aromatic rings. The highest BCUT2D eigenvalue weighted by atomic mass is 16.7. The van der Waals surface area contributed by atoms with Crippen molar-refractivity contribution in [2.45, 2.75) is 118 Å². The zero-order valence-electron chi connectivity index (χ0n) is 39.2. The molecule has 2 saturated heterocycles. The molecule has 18 atom stereocenters. The van der Waals surface area contributed by atoms with Crippen LogP contribution in [-0.4, -0.2) is 191 Å². The Morgan fingerprint density at radius 1 is 0.644 bits per heavy atom. The van der Waals surface area contributed by atoms with Gasteiger partial charge >= 0.3 is 11.9 Å². The number of rotatable bonds is 17. The molecular weight excluding hydrogens is 969 g/mol. The lowest BCUT2D eigenvalue weighted by molar-refractivity contribution is -0.288. The second kappa shape index (κ2) is 23.3. The Bertz CT molecular complexity index is 2350. The highest BCUT2D eigenvalue weighted by Gasteiger charge is 2.49. The average Bonchev–Trinajstić information content (AvgIpc) is 3.39. The van der Waals surface area contributed by atoms with Gasteiger partial charge in [0.1, 0.15) is 73.1 Å². The molecule has 73 heavy (non-hydrogen) atoms. The molecule has 3 aliphatic carbocycles. The monoisotopic (exact) mass is 1030 g/mol. The van der Waals surface area contributed by atoms with Gasteiger partial charge in [0, 0.05) is 11.5 Å². The minimum absolute atomic E-state index is 0.0159. The summed E-state index contributed by atoms with van der Waals surface area (Å²) in [5, 5.41) is 135. The highest BCUT2D eigenvalue weighted by molar-refractivity contribution is 6.02. The van der Waals surface area contributed by atoms with Gasteiger partial charge in [0.25, 0.3) is 0 Å². The van der Waals surface area contributed by atoms with Crippen molar-refractivity contribution < 1.29 is 114 Å². The first-order valence-corrected chi connectivity index (χ1v) is 23.8. The fourth-order valence-corrected chi connectivity index (χ4v) is 10.2. The molecule has 23 heteroatoms. The number of carbonyl (C=O) groups excluding carboxylic acids is 4. The lowest BCUT2D eigenvalue weighted by Gasteiger charge is -2.40. The molecule has 0 bridgehead atoms. The van der Waals surface area contributed by atoms with Gasteiger partial charge in [-0.05, 0) is 97.9 Å². The van der Waals surface area contributed by atoms with E-state index in [1.165, 1.54) is 54.6 Å². The zero-order valence-corrected chi connectivity index (χ0v) is 39.2. The van der Waals surface area contributed by atoms with E-state index in [1.807, 2.05) is 0 Å². The molecule has 0 radical (unpaired) electrons. The van der Waals surface area contributed by atoms with Crippen LogP contribution in [0.25, 0.3) is 6.08 Å². The van der Waals surface area contributed by atoms with Crippen molar-refractivity contribution in [1.29, 1.82) is 0 Å². The van der Waals surface area contributed by atoms with Crippen molar-refractivity contribution in [2.24, 2.45) is 28.6 Å². The van der Waals surface area contributed by atoms with Crippen LogP contribution in [0.15, 0.2) is 66.6 Å². The van der Waals surface area contributed by atoms with Crippen LogP contribution in [0, 0.1) is 28.6 Å². The smallest absolute Gasteiger partial charge is 0.334 e. The van der Waals surface area contributed by atoms with Gasteiger partial charge < -0.3 is 104 Å². The molecule has 2 saturated carbocycles. The number of aldehydes is 2. The third-order valence-electron chi connectivity index (χ3n) is 14.8. The maximum absolute atomic E-state index is 14.6. The van der Waals surface area contributed by atoms with E-state index >= 15 is 0 Å². The number of aliphatic hydroxyl groups excluding tert-OH is 10. The van der Waals surface area contributed by atoms with Crippen LogP contribution in [0.4, 0.5) is 0 Å². The predicted octanol–water partition coefficient (Wildman–Crippen LogP) is -1.61. The topological polar surface area (TPSA) is 387 Å². The number of hydrogen-bond donors (Lipinski definition) is 13. The fourth-order valence-electron chi connectivity index (χ4n) is 10.2. The molecule has 2 aliphatic heterocycles. The second-order valence-corrected chi connectivity index (χ2v) is 19.4. The maximum atomic E-state index is 14.6. The van der Waals surface area contributed by atoms with Crippen molar-refractivity contribution in [3.8, 4) is 17.2 Å². The van der Waals surface area contributed by atoms with E-state index in [0.717, 1.165) is 12.5 Å². The van der Waals surface area contributed by atoms with Gasteiger partial charge in [-0.2, -0.15) is 0 Å². The van der Waals surface area contributed by atoms with Gasteiger partial charge in [-0.15, -0.1) is 0 Å². The van der Waals surface area contributed by atoms with Crippen molar-refractivity contribution in [3.63, 3.8) is 0 Å². The maximum Gasteiger partial charge on any atom is 0.334 e. The Labute approximate surface area is 417 Å². The second-order valence-electron chi connectivity index (χ2n) is 19.4. The number of esters is 2. The van der Waals surface area contributed by atoms with E-state index in [9.17, 15) is 85.6 Å².